The lowest BCUT2D eigenvalue weighted by molar-refractivity contribution is -0.139. The number of para-hydroxylation sites is 1. The SMILES string of the molecule is O=C(NOc1ccccc1)[C@H]1C[C@H]2C[C@@H](C1)[C@H](O)[C@H](O)C2. The molecule has 2 bridgehead atoms. The van der Waals surface area contributed by atoms with Crippen LogP contribution in [0.15, 0.2) is 30.3 Å². The third kappa shape index (κ3) is 3.19. The molecule has 2 saturated carbocycles. The fourth-order valence-corrected chi connectivity index (χ4v) is 3.65. The summed E-state index contributed by atoms with van der Waals surface area (Å²) in [5.41, 5.74) is 2.50. The van der Waals surface area contributed by atoms with Gasteiger partial charge in [-0.25, -0.2) is 0 Å². The molecule has 0 radical (unpaired) electrons. The van der Waals surface area contributed by atoms with Gasteiger partial charge in [-0.15, -0.1) is 0 Å². The predicted molar refractivity (Wildman–Crippen MR) is 76.2 cm³/mol. The molecule has 0 heterocycles. The van der Waals surface area contributed by atoms with Crippen LogP contribution in [0.2, 0.25) is 0 Å². The van der Waals surface area contributed by atoms with Crippen LogP contribution >= 0.6 is 0 Å². The molecule has 21 heavy (non-hydrogen) atoms. The van der Waals surface area contributed by atoms with E-state index in [9.17, 15) is 15.0 Å². The highest BCUT2D eigenvalue weighted by molar-refractivity contribution is 5.78. The van der Waals surface area contributed by atoms with Gasteiger partial charge in [-0.05, 0) is 49.7 Å². The van der Waals surface area contributed by atoms with Gasteiger partial charge < -0.3 is 15.1 Å². The number of benzene rings is 1. The highest BCUT2D eigenvalue weighted by Crippen LogP contribution is 2.42. The minimum atomic E-state index is -0.702. The number of rotatable bonds is 3. The maximum atomic E-state index is 12.2. The maximum Gasteiger partial charge on any atom is 0.255 e. The second-order valence-electron chi connectivity index (χ2n) is 6.21. The molecule has 3 rings (SSSR count). The van der Waals surface area contributed by atoms with Crippen molar-refractivity contribution in [1.29, 1.82) is 0 Å². The fourth-order valence-electron chi connectivity index (χ4n) is 3.65. The lowest BCUT2D eigenvalue weighted by Gasteiger charge is -2.43. The molecule has 1 aromatic carbocycles. The average Bonchev–Trinajstić information content (AvgIpc) is 2.51. The minimum Gasteiger partial charge on any atom is -0.390 e. The van der Waals surface area contributed by atoms with Gasteiger partial charge in [0.05, 0.1) is 12.2 Å². The summed E-state index contributed by atoms with van der Waals surface area (Å²) >= 11 is 0. The highest BCUT2D eigenvalue weighted by atomic mass is 16.7. The zero-order valence-electron chi connectivity index (χ0n) is 11.8. The van der Waals surface area contributed by atoms with Gasteiger partial charge in [0.25, 0.3) is 5.91 Å². The molecule has 5 nitrogen and oxygen atoms in total. The summed E-state index contributed by atoms with van der Waals surface area (Å²) in [5, 5.41) is 19.8. The van der Waals surface area contributed by atoms with Crippen molar-refractivity contribution in [2.75, 3.05) is 0 Å². The van der Waals surface area contributed by atoms with E-state index in [1.165, 1.54) is 0 Å². The van der Waals surface area contributed by atoms with Crippen LogP contribution in [0.25, 0.3) is 0 Å². The monoisotopic (exact) mass is 291 g/mol. The molecule has 5 atom stereocenters. The molecule has 0 saturated heterocycles. The molecule has 2 fully saturated rings. The van der Waals surface area contributed by atoms with Gasteiger partial charge in [0.2, 0.25) is 0 Å². The Labute approximate surface area is 123 Å². The summed E-state index contributed by atoms with van der Waals surface area (Å²) in [6.07, 6.45) is 1.51. The van der Waals surface area contributed by atoms with Crippen LogP contribution in [0.4, 0.5) is 0 Å². The smallest absolute Gasteiger partial charge is 0.255 e. The van der Waals surface area contributed by atoms with E-state index in [1.54, 1.807) is 12.1 Å². The molecule has 3 N–H and O–H groups in total. The summed E-state index contributed by atoms with van der Waals surface area (Å²) in [6.45, 7) is 0. The van der Waals surface area contributed by atoms with Crippen LogP contribution in [0.1, 0.15) is 25.7 Å². The highest BCUT2D eigenvalue weighted by Gasteiger charge is 2.43. The quantitative estimate of drug-likeness (QED) is 0.733. The molecule has 5 heteroatoms. The molecule has 1 aromatic rings. The molecule has 0 spiro atoms. The summed E-state index contributed by atoms with van der Waals surface area (Å²) in [4.78, 5) is 17.5. The lowest BCUT2D eigenvalue weighted by atomic mass is 9.65. The Morgan fingerprint density at radius 3 is 2.62 bits per heavy atom. The Morgan fingerprint density at radius 2 is 1.86 bits per heavy atom. The molecular formula is C16H21NO4. The van der Waals surface area contributed by atoms with Crippen LogP contribution in [0.5, 0.6) is 5.75 Å². The second kappa shape index (κ2) is 6.03. The first-order valence-corrected chi connectivity index (χ1v) is 7.51. The average molecular weight is 291 g/mol. The number of hydrogen-bond donors (Lipinski definition) is 3. The number of hydroxylamine groups is 1. The Bertz CT molecular complexity index is 490. The normalized spacial score (nSPS) is 35.0. The standard InChI is InChI=1S/C16H21NO4/c18-14-8-10-6-11(15(14)19)9-12(7-10)16(20)17-21-13-4-2-1-3-5-13/h1-5,10-12,14-15,18-19H,6-9H2,(H,17,20)/t10-,11+,12+,14-,15+/m1/s1. The van der Waals surface area contributed by atoms with Gasteiger partial charge in [0, 0.05) is 5.92 Å². The zero-order chi connectivity index (χ0) is 14.8. The first-order valence-electron chi connectivity index (χ1n) is 7.51. The van der Waals surface area contributed by atoms with Crippen molar-refractivity contribution in [1.82, 2.24) is 5.48 Å². The molecular weight excluding hydrogens is 270 g/mol. The number of amides is 1. The number of fused-ring (bicyclic) bond motifs is 2. The molecule has 2 aliphatic rings. The van der Waals surface area contributed by atoms with Crippen LogP contribution in [0, 0.1) is 17.8 Å². The summed E-state index contributed by atoms with van der Waals surface area (Å²) in [5.74, 6) is 0.628. The van der Waals surface area contributed by atoms with Crippen LogP contribution in [0.3, 0.4) is 0 Å². The zero-order valence-corrected chi connectivity index (χ0v) is 11.8. The van der Waals surface area contributed by atoms with E-state index in [2.05, 4.69) is 5.48 Å². The molecule has 114 valence electrons. The largest absolute Gasteiger partial charge is 0.390 e. The Balaban J connectivity index is 1.56. The number of aliphatic hydroxyl groups is 2. The van der Waals surface area contributed by atoms with Gasteiger partial charge >= 0.3 is 0 Å². The Morgan fingerprint density at radius 1 is 1.10 bits per heavy atom. The van der Waals surface area contributed by atoms with Crippen LogP contribution in [-0.2, 0) is 4.79 Å². The molecule has 0 aliphatic heterocycles. The predicted octanol–water partition coefficient (Wildman–Crippen LogP) is 1.25. The Kier molecular flexibility index (Phi) is 4.12. The van der Waals surface area contributed by atoms with Gasteiger partial charge in [-0.2, -0.15) is 5.48 Å². The first kappa shape index (κ1) is 14.4. The number of carbonyl (C=O) groups is 1. The summed E-state index contributed by atoms with van der Waals surface area (Å²) in [7, 11) is 0. The molecule has 1 amide bonds. The van der Waals surface area contributed by atoms with Crippen LogP contribution in [-0.4, -0.2) is 28.3 Å². The van der Waals surface area contributed by atoms with E-state index in [1.807, 2.05) is 18.2 Å². The van der Waals surface area contributed by atoms with Gasteiger partial charge in [0.1, 0.15) is 0 Å². The van der Waals surface area contributed by atoms with Crippen molar-refractivity contribution in [3.63, 3.8) is 0 Å². The number of aliphatic hydroxyl groups excluding tert-OH is 2. The maximum absolute atomic E-state index is 12.2. The third-order valence-corrected chi connectivity index (χ3v) is 4.68. The van der Waals surface area contributed by atoms with E-state index in [0.29, 0.717) is 24.5 Å². The summed E-state index contributed by atoms with van der Waals surface area (Å²) in [6, 6.07) is 9.10. The van der Waals surface area contributed by atoms with Crippen molar-refractivity contribution in [3.8, 4) is 5.75 Å². The van der Waals surface area contributed by atoms with E-state index in [4.69, 9.17) is 4.84 Å². The van der Waals surface area contributed by atoms with Gasteiger partial charge in [-0.1, -0.05) is 18.2 Å². The topological polar surface area (TPSA) is 78.8 Å². The lowest BCUT2D eigenvalue weighted by Crippen LogP contribution is -2.48. The fraction of sp³-hybridized carbons (Fsp3) is 0.562. The van der Waals surface area contributed by atoms with E-state index >= 15 is 0 Å². The van der Waals surface area contributed by atoms with Crippen molar-refractivity contribution in [3.05, 3.63) is 30.3 Å². The van der Waals surface area contributed by atoms with E-state index < -0.39 is 12.2 Å². The second-order valence-corrected chi connectivity index (χ2v) is 6.21. The molecule has 0 aromatic heterocycles. The van der Waals surface area contributed by atoms with Crippen molar-refractivity contribution >= 4 is 5.91 Å². The summed E-state index contributed by atoms with van der Waals surface area (Å²) < 4.78 is 0. The molecule has 2 aliphatic carbocycles. The van der Waals surface area contributed by atoms with E-state index in [0.717, 1.165) is 12.8 Å². The first-order chi connectivity index (χ1) is 10.1. The Hall–Kier alpha value is -1.59. The third-order valence-electron chi connectivity index (χ3n) is 4.68. The number of hydrogen-bond acceptors (Lipinski definition) is 4. The number of nitrogens with one attached hydrogen (secondary N) is 1. The van der Waals surface area contributed by atoms with Gasteiger partial charge in [0.15, 0.2) is 5.75 Å². The van der Waals surface area contributed by atoms with Crippen LogP contribution < -0.4 is 10.3 Å². The van der Waals surface area contributed by atoms with E-state index in [-0.39, 0.29) is 17.7 Å². The minimum absolute atomic E-state index is 0.0139. The van der Waals surface area contributed by atoms with Crippen molar-refractivity contribution < 1.29 is 19.8 Å². The molecule has 0 unspecified atom stereocenters. The number of carbonyl (C=O) groups excluding carboxylic acids is 1. The van der Waals surface area contributed by atoms with Crippen molar-refractivity contribution in [2.45, 2.75) is 37.9 Å². The van der Waals surface area contributed by atoms with Crippen molar-refractivity contribution in [2.24, 2.45) is 17.8 Å². The van der Waals surface area contributed by atoms with Gasteiger partial charge in [-0.3, -0.25) is 4.79 Å².